The lowest BCUT2D eigenvalue weighted by Crippen LogP contribution is -2.46. The first-order valence-corrected chi connectivity index (χ1v) is 7.56. The number of carbonyl (C=O) groups is 2. The monoisotopic (exact) mass is 267 g/mol. The second kappa shape index (κ2) is 5.51. The highest BCUT2D eigenvalue weighted by molar-refractivity contribution is 5.84. The van der Waals surface area contributed by atoms with E-state index in [0.29, 0.717) is 19.4 Å². The van der Waals surface area contributed by atoms with Gasteiger partial charge in [-0.25, -0.2) is 0 Å². The van der Waals surface area contributed by atoms with Crippen LogP contribution in [0.5, 0.6) is 0 Å². The fourth-order valence-electron chi connectivity index (χ4n) is 3.75. The zero-order chi connectivity index (χ0) is 13.9. The molecule has 0 radical (unpaired) electrons. The molecular formula is C15H25NO3. The molecule has 0 atom stereocenters. The van der Waals surface area contributed by atoms with Crippen molar-refractivity contribution in [1.29, 1.82) is 0 Å². The average molecular weight is 267 g/mol. The van der Waals surface area contributed by atoms with Crippen LogP contribution in [0.15, 0.2) is 0 Å². The summed E-state index contributed by atoms with van der Waals surface area (Å²) in [5.41, 5.74) is -0.929. The van der Waals surface area contributed by atoms with Crippen molar-refractivity contribution in [2.75, 3.05) is 6.54 Å². The minimum absolute atomic E-state index is 0.0834. The molecule has 2 fully saturated rings. The van der Waals surface area contributed by atoms with Gasteiger partial charge in [-0.05, 0) is 32.1 Å². The van der Waals surface area contributed by atoms with Gasteiger partial charge in [0.25, 0.3) is 0 Å². The number of carboxylic acids is 1. The Morgan fingerprint density at radius 3 is 1.89 bits per heavy atom. The topological polar surface area (TPSA) is 66.4 Å². The van der Waals surface area contributed by atoms with Crippen molar-refractivity contribution in [3.05, 3.63) is 0 Å². The second-order valence-corrected chi connectivity index (χ2v) is 6.32. The van der Waals surface area contributed by atoms with Crippen LogP contribution in [0.1, 0.15) is 64.7 Å². The summed E-state index contributed by atoms with van der Waals surface area (Å²) < 4.78 is 0. The Balaban J connectivity index is 1.97. The molecule has 0 aromatic carbocycles. The Kier molecular flexibility index (Phi) is 4.16. The maximum atomic E-state index is 12.4. The van der Waals surface area contributed by atoms with E-state index in [1.165, 1.54) is 0 Å². The van der Waals surface area contributed by atoms with E-state index in [1.54, 1.807) is 0 Å². The van der Waals surface area contributed by atoms with Crippen LogP contribution in [0.25, 0.3) is 0 Å². The van der Waals surface area contributed by atoms with E-state index < -0.39 is 11.4 Å². The SMILES string of the molecule is CCC1(C(=O)NCC2(C(=O)O)CCCC2)CCCC1. The first kappa shape index (κ1) is 14.4. The summed E-state index contributed by atoms with van der Waals surface area (Å²) in [6.07, 6.45) is 8.31. The molecule has 2 rings (SSSR count). The first-order valence-electron chi connectivity index (χ1n) is 7.56. The third-order valence-electron chi connectivity index (χ3n) is 5.32. The van der Waals surface area contributed by atoms with Gasteiger partial charge in [0.05, 0.1) is 5.41 Å². The third kappa shape index (κ3) is 2.63. The number of carbonyl (C=O) groups excluding carboxylic acids is 1. The zero-order valence-corrected chi connectivity index (χ0v) is 11.8. The largest absolute Gasteiger partial charge is 0.481 e. The molecule has 0 aromatic rings. The Morgan fingerprint density at radius 1 is 1.00 bits per heavy atom. The highest BCUT2D eigenvalue weighted by atomic mass is 16.4. The van der Waals surface area contributed by atoms with Gasteiger partial charge in [0, 0.05) is 12.0 Å². The summed E-state index contributed by atoms with van der Waals surface area (Å²) in [5.74, 6) is -0.665. The fraction of sp³-hybridized carbons (Fsp3) is 0.867. The van der Waals surface area contributed by atoms with Gasteiger partial charge < -0.3 is 10.4 Å². The van der Waals surface area contributed by atoms with Crippen molar-refractivity contribution in [3.8, 4) is 0 Å². The van der Waals surface area contributed by atoms with Crippen LogP contribution in [0.2, 0.25) is 0 Å². The summed E-state index contributed by atoms with van der Waals surface area (Å²) in [6, 6.07) is 0. The Morgan fingerprint density at radius 2 is 1.47 bits per heavy atom. The van der Waals surface area contributed by atoms with Gasteiger partial charge in [-0.2, -0.15) is 0 Å². The predicted octanol–water partition coefficient (Wildman–Crippen LogP) is 2.72. The molecule has 19 heavy (non-hydrogen) atoms. The normalized spacial score (nSPS) is 24.3. The molecule has 0 aromatic heterocycles. The van der Waals surface area contributed by atoms with Gasteiger partial charge in [-0.3, -0.25) is 9.59 Å². The van der Waals surface area contributed by atoms with Crippen molar-refractivity contribution >= 4 is 11.9 Å². The van der Waals surface area contributed by atoms with Crippen LogP contribution < -0.4 is 5.32 Å². The van der Waals surface area contributed by atoms with Gasteiger partial charge >= 0.3 is 5.97 Å². The number of hydrogen-bond acceptors (Lipinski definition) is 2. The summed E-state index contributed by atoms with van der Waals surface area (Å²) in [5, 5.41) is 12.4. The van der Waals surface area contributed by atoms with Crippen LogP contribution in [-0.2, 0) is 9.59 Å². The Hall–Kier alpha value is -1.06. The summed E-state index contributed by atoms with van der Waals surface area (Å²) >= 11 is 0. The summed E-state index contributed by atoms with van der Waals surface area (Å²) in [4.78, 5) is 23.9. The van der Waals surface area contributed by atoms with Crippen LogP contribution in [-0.4, -0.2) is 23.5 Å². The van der Waals surface area contributed by atoms with Crippen LogP contribution >= 0.6 is 0 Å². The van der Waals surface area contributed by atoms with E-state index >= 15 is 0 Å². The number of aliphatic carboxylic acids is 1. The molecule has 2 N–H and O–H groups in total. The number of rotatable bonds is 5. The van der Waals surface area contributed by atoms with E-state index in [0.717, 1.165) is 44.9 Å². The summed E-state index contributed by atoms with van der Waals surface area (Å²) in [7, 11) is 0. The van der Waals surface area contributed by atoms with Crippen LogP contribution in [0, 0.1) is 10.8 Å². The average Bonchev–Trinajstić information content (AvgIpc) is 3.06. The van der Waals surface area contributed by atoms with Crippen molar-refractivity contribution in [1.82, 2.24) is 5.32 Å². The maximum absolute atomic E-state index is 12.4. The van der Waals surface area contributed by atoms with Crippen molar-refractivity contribution < 1.29 is 14.7 Å². The molecule has 0 spiro atoms. The highest BCUT2D eigenvalue weighted by Gasteiger charge is 2.44. The number of nitrogens with one attached hydrogen (secondary N) is 1. The molecular weight excluding hydrogens is 242 g/mol. The van der Waals surface area contributed by atoms with Gasteiger partial charge in [0.15, 0.2) is 0 Å². The summed E-state index contributed by atoms with van der Waals surface area (Å²) in [6.45, 7) is 2.37. The minimum atomic E-state index is -0.748. The quantitative estimate of drug-likeness (QED) is 0.805. The van der Waals surface area contributed by atoms with Gasteiger partial charge in [0.2, 0.25) is 5.91 Å². The third-order valence-corrected chi connectivity index (χ3v) is 5.32. The van der Waals surface area contributed by atoms with Crippen LogP contribution in [0.4, 0.5) is 0 Å². The standard InChI is InChI=1S/C15H25NO3/c1-2-14(7-3-4-8-14)12(17)16-11-15(13(18)19)9-5-6-10-15/h2-11H2,1H3,(H,16,17)(H,18,19). The molecule has 2 aliphatic carbocycles. The molecule has 2 saturated carbocycles. The first-order chi connectivity index (χ1) is 9.05. The minimum Gasteiger partial charge on any atom is -0.481 e. The second-order valence-electron chi connectivity index (χ2n) is 6.32. The van der Waals surface area contributed by atoms with Crippen molar-refractivity contribution in [3.63, 3.8) is 0 Å². The number of hydrogen-bond donors (Lipinski definition) is 2. The smallest absolute Gasteiger partial charge is 0.311 e. The lowest BCUT2D eigenvalue weighted by molar-refractivity contribution is -0.148. The fourth-order valence-corrected chi connectivity index (χ4v) is 3.75. The molecule has 0 saturated heterocycles. The van der Waals surface area contributed by atoms with E-state index in [-0.39, 0.29) is 11.3 Å². The van der Waals surface area contributed by atoms with E-state index in [9.17, 15) is 14.7 Å². The molecule has 0 bridgehead atoms. The van der Waals surface area contributed by atoms with Crippen molar-refractivity contribution in [2.24, 2.45) is 10.8 Å². The van der Waals surface area contributed by atoms with E-state index in [2.05, 4.69) is 12.2 Å². The Labute approximate surface area is 115 Å². The Bertz CT molecular complexity index is 352. The van der Waals surface area contributed by atoms with E-state index in [1.807, 2.05) is 0 Å². The van der Waals surface area contributed by atoms with Gasteiger partial charge in [-0.15, -0.1) is 0 Å². The molecule has 1 amide bonds. The van der Waals surface area contributed by atoms with Gasteiger partial charge in [0.1, 0.15) is 0 Å². The lowest BCUT2D eigenvalue weighted by Gasteiger charge is -2.30. The molecule has 0 aliphatic heterocycles. The lowest BCUT2D eigenvalue weighted by atomic mass is 9.81. The van der Waals surface area contributed by atoms with Crippen LogP contribution in [0.3, 0.4) is 0 Å². The number of carboxylic acid groups (broad SMARTS) is 1. The maximum Gasteiger partial charge on any atom is 0.311 e. The molecule has 2 aliphatic rings. The predicted molar refractivity (Wildman–Crippen MR) is 72.7 cm³/mol. The zero-order valence-electron chi connectivity index (χ0n) is 11.8. The van der Waals surface area contributed by atoms with Gasteiger partial charge in [-0.1, -0.05) is 32.6 Å². The highest BCUT2D eigenvalue weighted by Crippen LogP contribution is 2.42. The number of amides is 1. The van der Waals surface area contributed by atoms with Crippen molar-refractivity contribution in [2.45, 2.75) is 64.7 Å². The molecule has 0 heterocycles. The molecule has 4 heteroatoms. The molecule has 0 unspecified atom stereocenters. The molecule has 4 nitrogen and oxygen atoms in total. The molecule has 108 valence electrons. The van der Waals surface area contributed by atoms with E-state index in [4.69, 9.17) is 0 Å².